The van der Waals surface area contributed by atoms with Crippen LogP contribution in [0.3, 0.4) is 0 Å². The predicted octanol–water partition coefficient (Wildman–Crippen LogP) is 1.91. The standard InChI is InChI=1S/C14H16N4O2.C2H6/c1-18-10(8-7-9-5-3-2-4-6-9)15-11-12(18)16-14(20)17-13(11)19;1-2/h9H,2-6H2,1H3,(H2,16,17,19,20);1-2H3. The van der Waals surface area contributed by atoms with Gasteiger partial charge in [-0.25, -0.2) is 9.78 Å². The lowest BCUT2D eigenvalue weighted by Gasteiger charge is -2.15. The van der Waals surface area contributed by atoms with Gasteiger partial charge in [-0.15, -0.1) is 0 Å². The quantitative estimate of drug-likeness (QED) is 0.729. The number of nitrogens with one attached hydrogen (secondary N) is 2. The second kappa shape index (κ2) is 7.12. The van der Waals surface area contributed by atoms with Crippen LogP contribution in [0.1, 0.15) is 51.8 Å². The third-order valence-corrected chi connectivity index (χ3v) is 3.76. The van der Waals surface area contributed by atoms with Gasteiger partial charge in [0.2, 0.25) is 0 Å². The maximum absolute atomic E-state index is 11.7. The van der Waals surface area contributed by atoms with Crippen molar-refractivity contribution in [3.05, 3.63) is 26.7 Å². The van der Waals surface area contributed by atoms with Crippen LogP contribution in [0.5, 0.6) is 0 Å². The highest BCUT2D eigenvalue weighted by molar-refractivity contribution is 5.70. The molecule has 1 aliphatic rings. The number of aromatic nitrogens is 4. The van der Waals surface area contributed by atoms with Crippen LogP contribution in [-0.4, -0.2) is 19.5 Å². The number of rotatable bonds is 0. The Kier molecular flexibility index (Phi) is 5.21. The van der Waals surface area contributed by atoms with E-state index in [4.69, 9.17) is 0 Å². The lowest BCUT2D eigenvalue weighted by molar-refractivity contribution is 0.430. The molecule has 2 aromatic rings. The van der Waals surface area contributed by atoms with Crippen molar-refractivity contribution >= 4 is 11.2 Å². The van der Waals surface area contributed by atoms with E-state index in [0.29, 0.717) is 17.4 Å². The van der Waals surface area contributed by atoms with Crippen molar-refractivity contribution in [1.82, 2.24) is 19.5 Å². The first-order valence-corrected chi connectivity index (χ1v) is 7.86. The number of aryl methyl sites for hydroxylation is 1. The van der Waals surface area contributed by atoms with Gasteiger partial charge in [0.1, 0.15) is 5.65 Å². The molecular weight excluding hydrogens is 280 g/mol. The predicted molar refractivity (Wildman–Crippen MR) is 86.8 cm³/mol. The minimum Gasteiger partial charge on any atom is -0.306 e. The van der Waals surface area contributed by atoms with Gasteiger partial charge < -0.3 is 4.57 Å². The van der Waals surface area contributed by atoms with Crippen LogP contribution >= 0.6 is 0 Å². The molecule has 0 amide bonds. The highest BCUT2D eigenvalue weighted by Crippen LogP contribution is 2.22. The second-order valence-electron chi connectivity index (χ2n) is 5.20. The zero-order valence-electron chi connectivity index (χ0n) is 13.3. The number of aromatic amines is 2. The normalized spacial score (nSPS) is 14.9. The molecule has 0 aromatic carbocycles. The third kappa shape index (κ3) is 3.30. The molecule has 1 saturated carbocycles. The van der Waals surface area contributed by atoms with E-state index < -0.39 is 11.2 Å². The minimum absolute atomic E-state index is 0.222. The second-order valence-corrected chi connectivity index (χ2v) is 5.20. The molecule has 0 unspecified atom stereocenters. The number of H-pyrrole nitrogens is 2. The van der Waals surface area contributed by atoms with Crippen LogP contribution in [0.15, 0.2) is 9.59 Å². The zero-order chi connectivity index (χ0) is 16.1. The van der Waals surface area contributed by atoms with E-state index in [2.05, 4.69) is 26.8 Å². The van der Waals surface area contributed by atoms with Gasteiger partial charge in [0.25, 0.3) is 5.56 Å². The highest BCUT2D eigenvalue weighted by Gasteiger charge is 2.12. The number of hydrogen-bond acceptors (Lipinski definition) is 3. The Hall–Kier alpha value is -2.29. The highest BCUT2D eigenvalue weighted by atomic mass is 16.2. The van der Waals surface area contributed by atoms with Gasteiger partial charge in [-0.05, 0) is 18.8 Å². The van der Waals surface area contributed by atoms with Gasteiger partial charge in [-0.1, -0.05) is 39.0 Å². The Balaban J connectivity index is 0.000000847. The first kappa shape index (κ1) is 16.1. The molecule has 6 heteroatoms. The summed E-state index contributed by atoms with van der Waals surface area (Å²) in [5.41, 5.74) is -0.380. The van der Waals surface area contributed by atoms with Crippen molar-refractivity contribution in [3.63, 3.8) is 0 Å². The lowest BCUT2D eigenvalue weighted by atomic mass is 9.90. The van der Waals surface area contributed by atoms with Crippen molar-refractivity contribution in [1.29, 1.82) is 0 Å². The van der Waals surface area contributed by atoms with Crippen molar-refractivity contribution < 1.29 is 0 Å². The van der Waals surface area contributed by atoms with E-state index in [1.807, 2.05) is 13.8 Å². The molecule has 3 rings (SSSR count). The third-order valence-electron chi connectivity index (χ3n) is 3.76. The van der Waals surface area contributed by atoms with Gasteiger partial charge in [-0.2, -0.15) is 0 Å². The van der Waals surface area contributed by atoms with Crippen LogP contribution in [0.25, 0.3) is 11.2 Å². The van der Waals surface area contributed by atoms with E-state index >= 15 is 0 Å². The SMILES string of the molecule is CC.Cn1c(C#CC2CCCCC2)nc2c(=O)[nH]c(=O)[nH]c21. The summed E-state index contributed by atoms with van der Waals surface area (Å²) in [5, 5.41) is 0. The van der Waals surface area contributed by atoms with Crippen molar-refractivity contribution in [2.24, 2.45) is 13.0 Å². The van der Waals surface area contributed by atoms with Crippen LogP contribution in [0, 0.1) is 17.8 Å². The fraction of sp³-hybridized carbons (Fsp3) is 0.562. The Morgan fingerprint density at radius 1 is 1.14 bits per heavy atom. The zero-order valence-corrected chi connectivity index (χ0v) is 13.3. The molecule has 0 radical (unpaired) electrons. The first-order valence-electron chi connectivity index (χ1n) is 7.86. The fourth-order valence-corrected chi connectivity index (χ4v) is 2.63. The van der Waals surface area contributed by atoms with E-state index in [1.54, 1.807) is 11.6 Å². The van der Waals surface area contributed by atoms with Crippen LogP contribution in [0.4, 0.5) is 0 Å². The molecule has 0 aliphatic heterocycles. The molecule has 1 aliphatic carbocycles. The number of hydrogen-bond donors (Lipinski definition) is 2. The maximum atomic E-state index is 11.7. The molecule has 1 fully saturated rings. The molecule has 22 heavy (non-hydrogen) atoms. The summed E-state index contributed by atoms with van der Waals surface area (Å²) in [6.45, 7) is 4.00. The molecule has 6 nitrogen and oxygen atoms in total. The Morgan fingerprint density at radius 3 is 2.50 bits per heavy atom. The van der Waals surface area contributed by atoms with Gasteiger partial charge in [0.15, 0.2) is 11.3 Å². The topological polar surface area (TPSA) is 83.5 Å². The largest absolute Gasteiger partial charge is 0.327 e. The summed E-state index contributed by atoms with van der Waals surface area (Å²) >= 11 is 0. The number of imidazole rings is 1. The average Bonchev–Trinajstić information content (AvgIpc) is 2.85. The average molecular weight is 302 g/mol. The molecule has 0 saturated heterocycles. The lowest BCUT2D eigenvalue weighted by Crippen LogP contribution is -2.22. The first-order chi connectivity index (χ1) is 10.6. The summed E-state index contributed by atoms with van der Waals surface area (Å²) in [4.78, 5) is 31.9. The van der Waals surface area contributed by atoms with E-state index in [0.717, 1.165) is 12.8 Å². The van der Waals surface area contributed by atoms with E-state index in [1.165, 1.54) is 19.3 Å². The monoisotopic (exact) mass is 302 g/mol. The van der Waals surface area contributed by atoms with Gasteiger partial charge in [-0.3, -0.25) is 14.8 Å². The molecule has 2 N–H and O–H groups in total. The molecular formula is C16H22N4O2. The van der Waals surface area contributed by atoms with Gasteiger partial charge in [0, 0.05) is 13.0 Å². The molecule has 118 valence electrons. The van der Waals surface area contributed by atoms with Crippen molar-refractivity contribution in [3.8, 4) is 11.8 Å². The molecule has 0 atom stereocenters. The van der Waals surface area contributed by atoms with Crippen molar-refractivity contribution in [2.45, 2.75) is 46.0 Å². The van der Waals surface area contributed by atoms with Gasteiger partial charge in [0.05, 0.1) is 0 Å². The number of fused-ring (bicyclic) bond motifs is 1. The summed E-state index contributed by atoms with van der Waals surface area (Å²) in [6.07, 6.45) is 6.02. The molecule has 2 heterocycles. The van der Waals surface area contributed by atoms with Crippen LogP contribution in [-0.2, 0) is 7.05 Å². The Morgan fingerprint density at radius 2 is 1.82 bits per heavy atom. The maximum Gasteiger partial charge on any atom is 0.327 e. The summed E-state index contributed by atoms with van der Waals surface area (Å²) in [5.74, 6) is 7.21. The van der Waals surface area contributed by atoms with E-state index in [9.17, 15) is 9.59 Å². The van der Waals surface area contributed by atoms with E-state index in [-0.39, 0.29) is 5.52 Å². The van der Waals surface area contributed by atoms with Crippen LogP contribution < -0.4 is 11.2 Å². The summed E-state index contributed by atoms with van der Waals surface area (Å²) in [7, 11) is 1.75. The minimum atomic E-state index is -0.530. The summed E-state index contributed by atoms with van der Waals surface area (Å²) < 4.78 is 1.65. The number of nitrogens with zero attached hydrogens (tertiary/aromatic N) is 2. The fourth-order valence-electron chi connectivity index (χ4n) is 2.63. The molecule has 0 bridgehead atoms. The summed E-state index contributed by atoms with van der Waals surface area (Å²) in [6, 6.07) is 0. The van der Waals surface area contributed by atoms with Gasteiger partial charge >= 0.3 is 5.69 Å². The Bertz CT molecular complexity index is 810. The molecule has 0 spiro atoms. The van der Waals surface area contributed by atoms with Crippen LogP contribution in [0.2, 0.25) is 0 Å². The smallest absolute Gasteiger partial charge is 0.306 e. The Labute approximate surface area is 129 Å². The van der Waals surface area contributed by atoms with Crippen molar-refractivity contribution in [2.75, 3.05) is 0 Å². The molecule has 2 aromatic heterocycles.